The van der Waals surface area contributed by atoms with E-state index in [-0.39, 0.29) is 11.4 Å². The summed E-state index contributed by atoms with van der Waals surface area (Å²) in [5.74, 6) is 0.0595. The Labute approximate surface area is 88.0 Å². The number of nitrogen functional groups attached to an aromatic ring is 1. The molecule has 1 heterocycles. The van der Waals surface area contributed by atoms with E-state index >= 15 is 0 Å². The van der Waals surface area contributed by atoms with E-state index in [0.717, 1.165) is 6.20 Å². The molecule has 0 aliphatic carbocycles. The number of anilines is 1. The molecule has 1 aromatic heterocycles. The minimum absolute atomic E-state index is 0.0595. The van der Waals surface area contributed by atoms with Crippen molar-refractivity contribution in [3.8, 4) is 0 Å². The molecular formula is C8H13N3O3S. The molecule has 6 nitrogen and oxygen atoms in total. The summed E-state index contributed by atoms with van der Waals surface area (Å²) in [6, 6.07) is 0. The van der Waals surface area contributed by atoms with Gasteiger partial charge in [-0.15, -0.1) is 0 Å². The lowest BCUT2D eigenvalue weighted by molar-refractivity contribution is 0.107. The number of nitrogens with zero attached hydrogens (tertiary/aromatic N) is 2. The molecule has 0 spiro atoms. The van der Waals surface area contributed by atoms with Crippen molar-refractivity contribution in [1.82, 2.24) is 9.78 Å². The average molecular weight is 231 g/mol. The predicted molar refractivity (Wildman–Crippen MR) is 56.0 cm³/mol. The topological polar surface area (TPSA) is 95.0 Å². The number of aryl methyl sites for hydroxylation is 1. The zero-order valence-electron chi connectivity index (χ0n) is 8.76. The van der Waals surface area contributed by atoms with Gasteiger partial charge < -0.3 is 5.73 Å². The van der Waals surface area contributed by atoms with Crippen LogP contribution in [0.15, 0.2) is 6.20 Å². The summed E-state index contributed by atoms with van der Waals surface area (Å²) in [4.78, 5) is 11.6. The molecule has 0 bridgehead atoms. The van der Waals surface area contributed by atoms with Crippen molar-refractivity contribution in [3.05, 3.63) is 11.8 Å². The molecule has 0 unspecified atom stereocenters. The summed E-state index contributed by atoms with van der Waals surface area (Å²) in [7, 11) is -2.28. The highest BCUT2D eigenvalue weighted by Gasteiger charge is 2.30. The zero-order chi connectivity index (χ0) is 11.8. The van der Waals surface area contributed by atoms with Gasteiger partial charge in [0.25, 0.3) is 5.12 Å². The first-order chi connectivity index (χ1) is 6.78. The van der Waals surface area contributed by atoms with E-state index in [1.807, 2.05) is 0 Å². The first-order valence-corrected chi connectivity index (χ1v) is 5.88. The molecule has 0 radical (unpaired) electrons. The second-order valence-corrected chi connectivity index (χ2v) is 5.85. The monoisotopic (exact) mass is 231 g/mol. The molecule has 0 atom stereocenters. The van der Waals surface area contributed by atoms with E-state index in [2.05, 4.69) is 5.10 Å². The van der Waals surface area contributed by atoms with Gasteiger partial charge in [-0.3, -0.25) is 9.48 Å². The maximum Gasteiger partial charge on any atom is 0.282 e. The van der Waals surface area contributed by atoms with Crippen LogP contribution >= 0.6 is 0 Å². The van der Waals surface area contributed by atoms with Crippen LogP contribution in [0.4, 0.5) is 5.82 Å². The van der Waals surface area contributed by atoms with Crippen molar-refractivity contribution in [2.24, 2.45) is 7.05 Å². The van der Waals surface area contributed by atoms with Gasteiger partial charge in [0.15, 0.2) is 0 Å². The smallest absolute Gasteiger partial charge is 0.282 e. The van der Waals surface area contributed by atoms with Crippen LogP contribution in [0.5, 0.6) is 0 Å². The Morgan fingerprint density at radius 2 is 2.07 bits per heavy atom. The molecule has 0 saturated heterocycles. The molecule has 2 N–H and O–H groups in total. The van der Waals surface area contributed by atoms with E-state index in [4.69, 9.17) is 5.73 Å². The van der Waals surface area contributed by atoms with Gasteiger partial charge in [-0.1, -0.05) is 0 Å². The summed E-state index contributed by atoms with van der Waals surface area (Å²) in [6.07, 6.45) is 1.16. The summed E-state index contributed by atoms with van der Waals surface area (Å²) in [6.45, 7) is 2.89. The highest BCUT2D eigenvalue weighted by Crippen LogP contribution is 2.16. The Balaban J connectivity index is 3.23. The molecule has 1 aromatic rings. The summed E-state index contributed by atoms with van der Waals surface area (Å²) in [5, 5.41) is 1.99. The van der Waals surface area contributed by atoms with E-state index in [9.17, 15) is 13.2 Å². The van der Waals surface area contributed by atoms with E-state index in [1.165, 1.54) is 25.6 Å². The summed E-state index contributed by atoms with van der Waals surface area (Å²) >= 11 is 0. The zero-order valence-corrected chi connectivity index (χ0v) is 9.58. The highest BCUT2D eigenvalue weighted by atomic mass is 32.2. The Kier molecular flexibility index (Phi) is 2.85. The maximum atomic E-state index is 11.6. The van der Waals surface area contributed by atoms with Gasteiger partial charge in [0, 0.05) is 7.05 Å². The van der Waals surface area contributed by atoms with E-state index in [1.54, 1.807) is 0 Å². The van der Waals surface area contributed by atoms with Crippen LogP contribution in [0.1, 0.15) is 24.2 Å². The third-order valence-corrected chi connectivity index (χ3v) is 4.06. The van der Waals surface area contributed by atoms with Crippen molar-refractivity contribution < 1.29 is 13.2 Å². The number of carbonyl (C=O) groups is 1. The van der Waals surface area contributed by atoms with Gasteiger partial charge in [-0.2, -0.15) is 5.10 Å². The van der Waals surface area contributed by atoms with E-state index in [0.29, 0.717) is 0 Å². The molecule has 0 amide bonds. The highest BCUT2D eigenvalue weighted by molar-refractivity contribution is 8.07. The molecule has 0 saturated carbocycles. The third-order valence-electron chi connectivity index (χ3n) is 2.08. The van der Waals surface area contributed by atoms with Crippen LogP contribution in [0.2, 0.25) is 0 Å². The third kappa shape index (κ3) is 1.87. The van der Waals surface area contributed by atoms with Crippen LogP contribution < -0.4 is 5.73 Å². The molecule has 15 heavy (non-hydrogen) atoms. The lowest BCUT2D eigenvalue weighted by Gasteiger charge is -2.05. The van der Waals surface area contributed by atoms with Crippen molar-refractivity contribution in [1.29, 1.82) is 0 Å². The van der Waals surface area contributed by atoms with Crippen LogP contribution in [-0.4, -0.2) is 28.6 Å². The predicted octanol–water partition coefficient (Wildman–Crippen LogP) is -0.0343. The average Bonchev–Trinajstić information content (AvgIpc) is 2.46. The molecule has 1 rings (SSSR count). The number of nitrogens with two attached hydrogens (primary N) is 1. The first-order valence-electron chi connectivity index (χ1n) is 4.34. The Hall–Kier alpha value is -1.37. The number of carbonyl (C=O) groups excluding carboxylic acids is 1. The van der Waals surface area contributed by atoms with Gasteiger partial charge in [-0.05, 0) is 13.8 Å². The van der Waals surface area contributed by atoms with Crippen molar-refractivity contribution in [3.63, 3.8) is 0 Å². The number of hydrogen-bond donors (Lipinski definition) is 1. The summed E-state index contributed by atoms with van der Waals surface area (Å²) in [5.41, 5.74) is 5.45. The quantitative estimate of drug-likeness (QED) is 0.771. The Morgan fingerprint density at radius 3 is 2.40 bits per heavy atom. The van der Waals surface area contributed by atoms with E-state index < -0.39 is 20.2 Å². The fraction of sp³-hybridized carbons (Fsp3) is 0.500. The van der Waals surface area contributed by atoms with Gasteiger partial charge in [0.2, 0.25) is 9.84 Å². The van der Waals surface area contributed by atoms with Gasteiger partial charge >= 0.3 is 0 Å². The second-order valence-electron chi connectivity index (χ2n) is 3.45. The number of aromatic nitrogens is 2. The number of rotatable bonds is 2. The van der Waals surface area contributed by atoms with Gasteiger partial charge in [-0.25, -0.2) is 8.42 Å². The lowest BCUT2D eigenvalue weighted by Crippen LogP contribution is -2.24. The minimum Gasteiger partial charge on any atom is -0.383 e. The Bertz CT molecular complexity index is 487. The maximum absolute atomic E-state index is 11.6. The molecule has 84 valence electrons. The van der Waals surface area contributed by atoms with Crippen molar-refractivity contribution in [2.75, 3.05) is 5.73 Å². The largest absolute Gasteiger partial charge is 0.383 e. The van der Waals surface area contributed by atoms with Crippen LogP contribution in [0, 0.1) is 0 Å². The van der Waals surface area contributed by atoms with Crippen LogP contribution in [-0.2, 0) is 16.9 Å². The molecule has 0 aliphatic heterocycles. The first kappa shape index (κ1) is 11.7. The normalized spacial score (nSPS) is 12.0. The van der Waals surface area contributed by atoms with Crippen molar-refractivity contribution >= 4 is 20.8 Å². The molecule has 0 aliphatic rings. The number of sulfone groups is 1. The van der Waals surface area contributed by atoms with Gasteiger partial charge in [0.1, 0.15) is 5.82 Å². The minimum atomic E-state index is -3.81. The standard InChI is InChI=1S/C8H13N3O3S/c1-5(2)15(13,14)8(12)6-4-10-11(3)7(6)9/h4-5H,9H2,1-3H3. The van der Waals surface area contributed by atoms with Crippen LogP contribution in [0.25, 0.3) is 0 Å². The second kappa shape index (κ2) is 3.65. The SMILES string of the molecule is CC(C)S(=O)(=O)C(=O)c1cnn(C)c1N. The Morgan fingerprint density at radius 1 is 1.53 bits per heavy atom. The van der Waals surface area contributed by atoms with Gasteiger partial charge in [0.05, 0.1) is 17.0 Å². The molecule has 7 heteroatoms. The fourth-order valence-corrected chi connectivity index (χ4v) is 1.86. The lowest BCUT2D eigenvalue weighted by atomic mass is 10.4. The van der Waals surface area contributed by atoms with Crippen molar-refractivity contribution in [2.45, 2.75) is 19.1 Å². The molecule has 0 aromatic carbocycles. The molecular weight excluding hydrogens is 218 g/mol. The number of hydrogen-bond acceptors (Lipinski definition) is 5. The summed E-state index contributed by atoms with van der Waals surface area (Å²) < 4.78 is 24.4. The van der Waals surface area contributed by atoms with Crippen LogP contribution in [0.3, 0.4) is 0 Å². The molecule has 0 fully saturated rings. The fourth-order valence-electron chi connectivity index (χ4n) is 0.972.